The SMILES string of the molecule is Cc1c(O)c2c(c(C)c1CCO)C(=O)C(C)(O)C2. The van der Waals surface area contributed by atoms with E-state index in [9.17, 15) is 15.0 Å². The van der Waals surface area contributed by atoms with Crippen LogP contribution in [0.1, 0.15) is 39.5 Å². The first kappa shape index (κ1) is 13.1. The van der Waals surface area contributed by atoms with E-state index < -0.39 is 5.60 Å². The third-order valence-electron chi connectivity index (χ3n) is 3.82. The Labute approximate surface area is 106 Å². The molecular formula is C14H18O4. The van der Waals surface area contributed by atoms with Crippen LogP contribution in [0.5, 0.6) is 5.75 Å². The Hall–Kier alpha value is -1.39. The summed E-state index contributed by atoms with van der Waals surface area (Å²) in [5.41, 5.74) is 1.76. The summed E-state index contributed by atoms with van der Waals surface area (Å²) in [6.45, 7) is 5.00. The lowest BCUT2D eigenvalue weighted by Gasteiger charge is -2.15. The number of aromatic hydroxyl groups is 1. The number of carbonyl (C=O) groups is 1. The van der Waals surface area contributed by atoms with E-state index in [1.165, 1.54) is 6.92 Å². The van der Waals surface area contributed by atoms with Crippen molar-refractivity contribution in [3.8, 4) is 5.75 Å². The monoisotopic (exact) mass is 250 g/mol. The summed E-state index contributed by atoms with van der Waals surface area (Å²) in [6, 6.07) is 0. The molecule has 0 fully saturated rings. The van der Waals surface area contributed by atoms with E-state index in [0.717, 1.165) is 11.1 Å². The van der Waals surface area contributed by atoms with Crippen LogP contribution in [0.4, 0.5) is 0 Å². The number of aliphatic hydroxyl groups is 2. The van der Waals surface area contributed by atoms with Gasteiger partial charge in [-0.1, -0.05) is 0 Å². The van der Waals surface area contributed by atoms with Gasteiger partial charge in [0.25, 0.3) is 0 Å². The molecule has 0 aliphatic heterocycles. The Morgan fingerprint density at radius 2 is 1.89 bits per heavy atom. The highest BCUT2D eigenvalue weighted by Crippen LogP contribution is 2.41. The number of hydrogen-bond acceptors (Lipinski definition) is 4. The van der Waals surface area contributed by atoms with Gasteiger partial charge in [0, 0.05) is 24.2 Å². The third-order valence-corrected chi connectivity index (χ3v) is 3.82. The maximum atomic E-state index is 12.1. The largest absolute Gasteiger partial charge is 0.507 e. The molecule has 1 aliphatic rings. The second-order valence-electron chi connectivity index (χ2n) is 5.18. The van der Waals surface area contributed by atoms with E-state index >= 15 is 0 Å². The fraction of sp³-hybridized carbons (Fsp3) is 0.500. The van der Waals surface area contributed by atoms with Crippen LogP contribution < -0.4 is 0 Å². The first-order chi connectivity index (χ1) is 8.31. The predicted octanol–water partition coefficient (Wildman–Crippen LogP) is 1.03. The van der Waals surface area contributed by atoms with Crippen LogP contribution in [-0.4, -0.2) is 33.3 Å². The molecule has 1 aromatic carbocycles. The maximum Gasteiger partial charge on any atom is 0.195 e. The van der Waals surface area contributed by atoms with E-state index in [1.807, 2.05) is 0 Å². The molecule has 18 heavy (non-hydrogen) atoms. The molecule has 0 bridgehead atoms. The average Bonchev–Trinajstić information content (AvgIpc) is 2.54. The standard InChI is InChI=1S/C14H18O4/c1-7-9(4-5-15)8(2)12(16)10-6-14(3,18)13(17)11(7)10/h15-16,18H,4-6H2,1-3H3. The molecule has 0 saturated heterocycles. The molecule has 3 N–H and O–H groups in total. The van der Waals surface area contributed by atoms with Crippen molar-refractivity contribution in [2.75, 3.05) is 6.61 Å². The first-order valence-corrected chi connectivity index (χ1v) is 6.03. The number of ketones is 1. The van der Waals surface area contributed by atoms with Crippen molar-refractivity contribution in [3.63, 3.8) is 0 Å². The molecule has 0 spiro atoms. The molecule has 4 nitrogen and oxygen atoms in total. The predicted molar refractivity (Wildman–Crippen MR) is 67.0 cm³/mol. The Morgan fingerprint density at radius 1 is 1.28 bits per heavy atom. The van der Waals surface area contributed by atoms with Gasteiger partial charge in [0.2, 0.25) is 0 Å². The molecule has 1 unspecified atom stereocenters. The minimum Gasteiger partial charge on any atom is -0.507 e. The number of phenols is 1. The molecule has 0 aromatic heterocycles. The summed E-state index contributed by atoms with van der Waals surface area (Å²) in [5.74, 6) is -0.269. The van der Waals surface area contributed by atoms with Crippen molar-refractivity contribution in [1.29, 1.82) is 0 Å². The average molecular weight is 250 g/mol. The lowest BCUT2D eigenvalue weighted by atomic mass is 9.91. The number of carbonyl (C=O) groups excluding carboxylic acids is 1. The zero-order valence-electron chi connectivity index (χ0n) is 10.9. The highest BCUT2D eigenvalue weighted by atomic mass is 16.3. The summed E-state index contributed by atoms with van der Waals surface area (Å²) in [7, 11) is 0. The molecule has 1 atom stereocenters. The van der Waals surface area contributed by atoms with Crippen molar-refractivity contribution in [3.05, 3.63) is 27.8 Å². The quantitative estimate of drug-likeness (QED) is 0.732. The zero-order valence-corrected chi connectivity index (χ0v) is 10.9. The van der Waals surface area contributed by atoms with Gasteiger partial charge in [0.05, 0.1) is 0 Å². The number of fused-ring (bicyclic) bond motifs is 1. The number of phenolic OH excluding ortho intramolecular Hbond substituents is 1. The molecule has 1 aliphatic carbocycles. The lowest BCUT2D eigenvalue weighted by molar-refractivity contribution is 0.0460. The minimum absolute atomic E-state index is 0.0372. The Balaban J connectivity index is 2.73. The summed E-state index contributed by atoms with van der Waals surface area (Å²) >= 11 is 0. The Morgan fingerprint density at radius 3 is 2.44 bits per heavy atom. The van der Waals surface area contributed by atoms with E-state index in [0.29, 0.717) is 23.1 Å². The number of benzene rings is 1. The maximum absolute atomic E-state index is 12.1. The third kappa shape index (κ3) is 1.64. The Bertz CT molecular complexity index is 529. The topological polar surface area (TPSA) is 77.8 Å². The van der Waals surface area contributed by atoms with Gasteiger partial charge < -0.3 is 15.3 Å². The highest BCUT2D eigenvalue weighted by Gasteiger charge is 2.43. The molecule has 0 heterocycles. The fourth-order valence-corrected chi connectivity index (χ4v) is 2.81. The molecule has 0 saturated carbocycles. The fourth-order valence-electron chi connectivity index (χ4n) is 2.81. The lowest BCUT2D eigenvalue weighted by Crippen LogP contribution is -2.31. The molecule has 0 radical (unpaired) electrons. The van der Waals surface area contributed by atoms with Gasteiger partial charge in [0.1, 0.15) is 11.4 Å². The summed E-state index contributed by atoms with van der Waals surface area (Å²) < 4.78 is 0. The van der Waals surface area contributed by atoms with E-state index in [2.05, 4.69) is 0 Å². The highest BCUT2D eigenvalue weighted by molar-refractivity contribution is 6.08. The number of rotatable bonds is 2. The first-order valence-electron chi connectivity index (χ1n) is 6.03. The van der Waals surface area contributed by atoms with E-state index in [4.69, 9.17) is 5.11 Å². The molecule has 0 amide bonds. The number of hydrogen-bond donors (Lipinski definition) is 3. The van der Waals surface area contributed by atoms with Crippen LogP contribution in [0.15, 0.2) is 0 Å². The van der Waals surface area contributed by atoms with Gasteiger partial charge in [-0.3, -0.25) is 4.79 Å². The number of aliphatic hydroxyl groups excluding tert-OH is 1. The van der Waals surface area contributed by atoms with Crippen molar-refractivity contribution in [2.24, 2.45) is 0 Å². The van der Waals surface area contributed by atoms with Crippen LogP contribution in [-0.2, 0) is 12.8 Å². The summed E-state index contributed by atoms with van der Waals surface area (Å²) in [6.07, 6.45) is 0.544. The van der Waals surface area contributed by atoms with E-state index in [-0.39, 0.29) is 24.6 Å². The normalized spacial score (nSPS) is 22.4. The van der Waals surface area contributed by atoms with Gasteiger partial charge in [-0.15, -0.1) is 0 Å². The van der Waals surface area contributed by atoms with Crippen LogP contribution in [0.25, 0.3) is 0 Å². The van der Waals surface area contributed by atoms with E-state index in [1.54, 1.807) is 13.8 Å². The zero-order chi connectivity index (χ0) is 13.7. The number of Topliss-reactive ketones (excluding diaryl/α,β-unsaturated/α-hetero) is 1. The minimum atomic E-state index is -1.44. The molecule has 4 heteroatoms. The summed E-state index contributed by atoms with van der Waals surface area (Å²) in [5, 5.41) is 29.3. The molecule has 1 aromatic rings. The van der Waals surface area contributed by atoms with Crippen molar-refractivity contribution >= 4 is 5.78 Å². The van der Waals surface area contributed by atoms with Gasteiger partial charge in [0.15, 0.2) is 5.78 Å². The van der Waals surface area contributed by atoms with Crippen LogP contribution in [0, 0.1) is 13.8 Å². The second kappa shape index (κ2) is 4.07. The smallest absolute Gasteiger partial charge is 0.195 e. The summed E-state index contributed by atoms with van der Waals surface area (Å²) in [4.78, 5) is 12.1. The van der Waals surface area contributed by atoms with Gasteiger partial charge in [-0.05, 0) is 43.9 Å². The van der Waals surface area contributed by atoms with Crippen LogP contribution in [0.3, 0.4) is 0 Å². The van der Waals surface area contributed by atoms with Crippen molar-refractivity contribution < 1.29 is 20.1 Å². The van der Waals surface area contributed by atoms with Crippen LogP contribution >= 0.6 is 0 Å². The second-order valence-corrected chi connectivity index (χ2v) is 5.18. The van der Waals surface area contributed by atoms with Crippen molar-refractivity contribution in [2.45, 2.75) is 39.2 Å². The molecule has 98 valence electrons. The van der Waals surface area contributed by atoms with Crippen molar-refractivity contribution in [1.82, 2.24) is 0 Å². The Kier molecular flexibility index (Phi) is 2.95. The molecular weight excluding hydrogens is 232 g/mol. The molecule has 2 rings (SSSR count). The van der Waals surface area contributed by atoms with Crippen LogP contribution in [0.2, 0.25) is 0 Å². The van der Waals surface area contributed by atoms with Gasteiger partial charge in [-0.2, -0.15) is 0 Å². The van der Waals surface area contributed by atoms with Gasteiger partial charge in [-0.25, -0.2) is 0 Å². The van der Waals surface area contributed by atoms with Gasteiger partial charge >= 0.3 is 0 Å².